The molecule has 1 atom stereocenters. The molecule has 92 valence electrons. The van der Waals surface area contributed by atoms with Crippen molar-refractivity contribution < 1.29 is 14.7 Å². The molecule has 1 heterocycles. The maximum absolute atomic E-state index is 11.6. The van der Waals surface area contributed by atoms with Crippen LogP contribution in [0.25, 0.3) is 0 Å². The van der Waals surface area contributed by atoms with Crippen LogP contribution >= 0.6 is 0 Å². The number of aliphatic carboxylic acids is 1. The van der Waals surface area contributed by atoms with Gasteiger partial charge in [0.1, 0.15) is 6.04 Å². The number of carboxylic acid groups (broad SMARTS) is 1. The first kappa shape index (κ1) is 13.2. The average Bonchev–Trinajstić information content (AvgIpc) is 2.26. The van der Waals surface area contributed by atoms with Gasteiger partial charge in [-0.15, -0.1) is 0 Å². The van der Waals surface area contributed by atoms with Crippen LogP contribution in [0.3, 0.4) is 0 Å². The van der Waals surface area contributed by atoms with Crippen molar-refractivity contribution in [3.8, 4) is 0 Å². The van der Waals surface area contributed by atoms with E-state index in [1.165, 1.54) is 0 Å². The van der Waals surface area contributed by atoms with Crippen LogP contribution in [-0.4, -0.2) is 28.0 Å². The molecule has 0 spiro atoms. The second-order valence-corrected chi connectivity index (χ2v) is 4.17. The summed E-state index contributed by atoms with van der Waals surface area (Å²) < 4.78 is 0. The molecule has 1 aromatic rings. The molecule has 0 bridgehead atoms. The van der Waals surface area contributed by atoms with Gasteiger partial charge in [0.15, 0.2) is 0 Å². The lowest BCUT2D eigenvalue weighted by Crippen LogP contribution is -2.44. The van der Waals surface area contributed by atoms with Gasteiger partial charge in [0.2, 0.25) is 5.91 Å². The van der Waals surface area contributed by atoms with Crippen molar-refractivity contribution in [3.63, 3.8) is 0 Å². The minimum atomic E-state index is -1.01. The summed E-state index contributed by atoms with van der Waals surface area (Å²) in [6.45, 7) is 3.51. The second-order valence-electron chi connectivity index (χ2n) is 4.17. The number of hydrogen-bond acceptors (Lipinski definition) is 3. The molecule has 17 heavy (non-hydrogen) atoms. The summed E-state index contributed by atoms with van der Waals surface area (Å²) in [5.41, 5.74) is 0.762. The Morgan fingerprint density at radius 3 is 2.65 bits per heavy atom. The minimum absolute atomic E-state index is 0.143. The molecular formula is C12H16N2O3. The summed E-state index contributed by atoms with van der Waals surface area (Å²) in [5.74, 6) is -1.47. The summed E-state index contributed by atoms with van der Waals surface area (Å²) >= 11 is 0. The average molecular weight is 236 g/mol. The standard InChI is InChI=1S/C12H16N2O3/c1-8(2)11(12(16)17)14-10(15)6-9-4-3-5-13-7-9/h3-5,7-8,11H,6H2,1-2H3,(H,14,15)(H,16,17)/t11-/m1/s1. The summed E-state index contributed by atoms with van der Waals surface area (Å²) in [4.78, 5) is 26.4. The number of nitrogens with one attached hydrogen (secondary N) is 1. The summed E-state index contributed by atoms with van der Waals surface area (Å²) in [6, 6.07) is 2.66. The van der Waals surface area contributed by atoms with Crippen molar-refractivity contribution >= 4 is 11.9 Å². The summed E-state index contributed by atoms with van der Waals surface area (Å²) in [5, 5.41) is 11.4. The third kappa shape index (κ3) is 4.22. The van der Waals surface area contributed by atoms with E-state index >= 15 is 0 Å². The Hall–Kier alpha value is -1.91. The smallest absolute Gasteiger partial charge is 0.326 e. The fourth-order valence-corrected chi connectivity index (χ4v) is 1.43. The van der Waals surface area contributed by atoms with Gasteiger partial charge in [0, 0.05) is 12.4 Å². The van der Waals surface area contributed by atoms with Crippen molar-refractivity contribution in [1.29, 1.82) is 0 Å². The van der Waals surface area contributed by atoms with E-state index in [9.17, 15) is 9.59 Å². The number of carbonyl (C=O) groups excluding carboxylic acids is 1. The normalized spacial score (nSPS) is 12.2. The molecule has 0 unspecified atom stereocenters. The second kappa shape index (κ2) is 5.98. The third-order valence-electron chi connectivity index (χ3n) is 2.34. The fraction of sp³-hybridized carbons (Fsp3) is 0.417. The Balaban J connectivity index is 2.57. The Morgan fingerprint density at radius 1 is 1.47 bits per heavy atom. The van der Waals surface area contributed by atoms with Crippen molar-refractivity contribution in [2.75, 3.05) is 0 Å². The van der Waals surface area contributed by atoms with Gasteiger partial charge in [-0.1, -0.05) is 19.9 Å². The van der Waals surface area contributed by atoms with Gasteiger partial charge in [-0.25, -0.2) is 4.79 Å². The Kier molecular flexibility index (Phi) is 4.63. The van der Waals surface area contributed by atoms with E-state index in [2.05, 4.69) is 10.3 Å². The molecule has 0 radical (unpaired) electrons. The van der Waals surface area contributed by atoms with Crippen molar-refractivity contribution in [1.82, 2.24) is 10.3 Å². The molecule has 0 aliphatic carbocycles. The van der Waals surface area contributed by atoms with E-state index in [1.54, 1.807) is 38.4 Å². The van der Waals surface area contributed by atoms with Crippen LogP contribution in [0.4, 0.5) is 0 Å². The molecule has 5 heteroatoms. The van der Waals surface area contributed by atoms with Gasteiger partial charge >= 0.3 is 5.97 Å². The van der Waals surface area contributed by atoms with Crippen LogP contribution in [0.1, 0.15) is 19.4 Å². The SMILES string of the molecule is CC(C)[C@@H](NC(=O)Cc1cccnc1)C(=O)O. The number of aromatic nitrogens is 1. The zero-order valence-electron chi connectivity index (χ0n) is 9.88. The fourth-order valence-electron chi connectivity index (χ4n) is 1.43. The quantitative estimate of drug-likeness (QED) is 0.794. The first-order chi connectivity index (χ1) is 8.00. The Morgan fingerprint density at radius 2 is 2.18 bits per heavy atom. The van der Waals surface area contributed by atoms with E-state index in [0.29, 0.717) is 0 Å². The molecule has 1 rings (SSSR count). The number of nitrogens with zero attached hydrogens (tertiary/aromatic N) is 1. The Bertz CT molecular complexity index is 390. The topological polar surface area (TPSA) is 79.3 Å². The summed E-state index contributed by atoms with van der Waals surface area (Å²) in [6.07, 6.45) is 3.35. The predicted molar refractivity (Wildman–Crippen MR) is 62.3 cm³/mol. The van der Waals surface area contributed by atoms with Crippen LogP contribution in [0.15, 0.2) is 24.5 Å². The zero-order valence-corrected chi connectivity index (χ0v) is 9.88. The van der Waals surface area contributed by atoms with Crippen molar-refractivity contribution in [3.05, 3.63) is 30.1 Å². The van der Waals surface area contributed by atoms with Crippen molar-refractivity contribution in [2.24, 2.45) is 5.92 Å². The molecule has 0 aliphatic rings. The van der Waals surface area contributed by atoms with Crippen LogP contribution < -0.4 is 5.32 Å². The molecule has 2 N–H and O–H groups in total. The Labute approximate surface area is 99.9 Å². The van der Waals surface area contributed by atoms with Crippen LogP contribution in [-0.2, 0) is 16.0 Å². The number of amides is 1. The van der Waals surface area contributed by atoms with E-state index in [4.69, 9.17) is 5.11 Å². The molecule has 1 amide bonds. The van der Waals surface area contributed by atoms with Crippen LogP contribution in [0, 0.1) is 5.92 Å². The van der Waals surface area contributed by atoms with Crippen LogP contribution in [0.2, 0.25) is 0 Å². The van der Waals surface area contributed by atoms with E-state index < -0.39 is 12.0 Å². The third-order valence-corrected chi connectivity index (χ3v) is 2.34. The first-order valence-electron chi connectivity index (χ1n) is 5.41. The molecular weight excluding hydrogens is 220 g/mol. The van der Waals surface area contributed by atoms with Gasteiger partial charge in [-0.2, -0.15) is 0 Å². The lowest BCUT2D eigenvalue weighted by molar-refractivity contribution is -0.143. The molecule has 0 saturated carbocycles. The van der Waals surface area contributed by atoms with Gasteiger partial charge in [-0.05, 0) is 17.5 Å². The number of pyridine rings is 1. The number of carbonyl (C=O) groups is 2. The van der Waals surface area contributed by atoms with Crippen molar-refractivity contribution in [2.45, 2.75) is 26.3 Å². The highest BCUT2D eigenvalue weighted by Crippen LogP contribution is 2.03. The first-order valence-corrected chi connectivity index (χ1v) is 5.41. The molecule has 1 aromatic heterocycles. The number of rotatable bonds is 5. The lowest BCUT2D eigenvalue weighted by Gasteiger charge is -2.17. The molecule has 0 fully saturated rings. The van der Waals surface area contributed by atoms with E-state index in [0.717, 1.165) is 5.56 Å². The highest BCUT2D eigenvalue weighted by Gasteiger charge is 2.23. The van der Waals surface area contributed by atoms with Gasteiger partial charge < -0.3 is 10.4 Å². The van der Waals surface area contributed by atoms with E-state index in [-0.39, 0.29) is 18.2 Å². The van der Waals surface area contributed by atoms with Gasteiger partial charge in [0.05, 0.1) is 6.42 Å². The van der Waals surface area contributed by atoms with Gasteiger partial charge in [0.25, 0.3) is 0 Å². The molecule has 0 aromatic carbocycles. The van der Waals surface area contributed by atoms with E-state index in [1.807, 2.05) is 0 Å². The van der Waals surface area contributed by atoms with Crippen LogP contribution in [0.5, 0.6) is 0 Å². The largest absolute Gasteiger partial charge is 0.480 e. The molecule has 0 saturated heterocycles. The van der Waals surface area contributed by atoms with Gasteiger partial charge in [-0.3, -0.25) is 9.78 Å². The highest BCUT2D eigenvalue weighted by molar-refractivity contribution is 5.84. The lowest BCUT2D eigenvalue weighted by atomic mass is 10.0. The highest BCUT2D eigenvalue weighted by atomic mass is 16.4. The monoisotopic (exact) mass is 236 g/mol. The minimum Gasteiger partial charge on any atom is -0.480 e. The summed E-state index contributed by atoms with van der Waals surface area (Å²) in [7, 11) is 0. The predicted octanol–water partition coefficient (Wildman–Crippen LogP) is 0.849. The molecule has 5 nitrogen and oxygen atoms in total. The zero-order chi connectivity index (χ0) is 12.8. The number of hydrogen-bond donors (Lipinski definition) is 2. The molecule has 0 aliphatic heterocycles. The maximum atomic E-state index is 11.6. The number of carboxylic acids is 1. The maximum Gasteiger partial charge on any atom is 0.326 e.